The first-order chi connectivity index (χ1) is 7.71. The van der Waals surface area contributed by atoms with E-state index in [4.69, 9.17) is 0 Å². The first kappa shape index (κ1) is 10.4. The van der Waals surface area contributed by atoms with Crippen LogP contribution >= 0.6 is 11.9 Å². The molecule has 1 aromatic heterocycles. The van der Waals surface area contributed by atoms with Crippen molar-refractivity contribution >= 4 is 17.6 Å². The molecule has 5 heteroatoms. The second-order valence-electron chi connectivity index (χ2n) is 4.64. The Morgan fingerprint density at radius 3 is 2.81 bits per heavy atom. The van der Waals surface area contributed by atoms with Crippen molar-refractivity contribution in [3.63, 3.8) is 0 Å². The van der Waals surface area contributed by atoms with Gasteiger partial charge >= 0.3 is 0 Å². The summed E-state index contributed by atoms with van der Waals surface area (Å²) in [5.41, 5.74) is 2.43. The molecule has 2 aliphatic rings. The molecule has 1 saturated heterocycles. The highest BCUT2D eigenvalue weighted by Gasteiger charge is 2.45. The summed E-state index contributed by atoms with van der Waals surface area (Å²) in [5, 5.41) is 0. The predicted molar refractivity (Wildman–Crippen MR) is 66.4 cm³/mol. The van der Waals surface area contributed by atoms with E-state index in [1.54, 1.807) is 6.33 Å². The number of nitrogens with zero attached hydrogens (tertiary/aromatic N) is 4. The summed E-state index contributed by atoms with van der Waals surface area (Å²) in [7, 11) is 4.30. The van der Waals surface area contributed by atoms with E-state index in [9.17, 15) is 0 Å². The summed E-state index contributed by atoms with van der Waals surface area (Å²) in [6.07, 6.45) is 5.98. The van der Waals surface area contributed by atoms with Gasteiger partial charge in [0.15, 0.2) is 0 Å². The molecule has 4 nitrogen and oxygen atoms in total. The number of piperidine rings is 1. The molecule has 0 aromatic carbocycles. The van der Waals surface area contributed by atoms with Gasteiger partial charge in [0.05, 0.1) is 22.3 Å². The Morgan fingerprint density at radius 1 is 1.31 bits per heavy atom. The first-order valence-corrected chi connectivity index (χ1v) is 6.40. The number of hydrogen-bond acceptors (Lipinski definition) is 5. The maximum Gasteiger partial charge on any atom is 0.115 e. The van der Waals surface area contributed by atoms with Gasteiger partial charge in [0.1, 0.15) is 6.33 Å². The van der Waals surface area contributed by atoms with Gasteiger partial charge in [-0.3, -0.25) is 0 Å². The highest BCUT2D eigenvalue weighted by Crippen LogP contribution is 2.54. The van der Waals surface area contributed by atoms with E-state index in [1.807, 2.05) is 18.1 Å². The maximum atomic E-state index is 4.52. The van der Waals surface area contributed by atoms with Gasteiger partial charge in [-0.05, 0) is 44.9 Å². The molecule has 0 atom stereocenters. The molecule has 2 aliphatic heterocycles. The lowest BCUT2D eigenvalue weighted by Gasteiger charge is -2.36. The monoisotopic (exact) mass is 236 g/mol. The SMILES string of the molecule is CN1CCC2(CC1)SN(C)c1cncnc12. The van der Waals surface area contributed by atoms with Crippen molar-refractivity contribution in [1.82, 2.24) is 14.9 Å². The lowest BCUT2D eigenvalue weighted by molar-refractivity contribution is 0.239. The van der Waals surface area contributed by atoms with E-state index in [1.165, 1.54) is 24.2 Å². The van der Waals surface area contributed by atoms with Crippen molar-refractivity contribution in [2.24, 2.45) is 0 Å². The Morgan fingerprint density at radius 2 is 2.06 bits per heavy atom. The summed E-state index contributed by atoms with van der Waals surface area (Å²) < 4.78 is 2.43. The van der Waals surface area contributed by atoms with E-state index in [0.717, 1.165) is 13.1 Å². The normalized spacial score (nSPS) is 23.8. The molecule has 16 heavy (non-hydrogen) atoms. The molecule has 0 unspecified atom stereocenters. The summed E-state index contributed by atoms with van der Waals surface area (Å²) in [4.78, 5) is 11.0. The number of likely N-dealkylation sites (tertiary alicyclic amines) is 1. The average Bonchev–Trinajstić information content (AvgIpc) is 2.58. The Labute approximate surface area is 100 Å². The fourth-order valence-electron chi connectivity index (χ4n) is 2.57. The molecule has 0 aliphatic carbocycles. The molecule has 0 saturated carbocycles. The van der Waals surface area contributed by atoms with E-state index in [2.05, 4.69) is 33.3 Å². The molecule has 3 heterocycles. The van der Waals surface area contributed by atoms with Crippen molar-refractivity contribution < 1.29 is 0 Å². The molecule has 3 rings (SSSR count). The van der Waals surface area contributed by atoms with Gasteiger partial charge in [-0.1, -0.05) is 0 Å². The van der Waals surface area contributed by atoms with Gasteiger partial charge in [0.2, 0.25) is 0 Å². The van der Waals surface area contributed by atoms with Crippen LogP contribution in [0.15, 0.2) is 12.5 Å². The van der Waals surface area contributed by atoms with Crippen LogP contribution in [0.2, 0.25) is 0 Å². The molecule has 0 bridgehead atoms. The molecule has 86 valence electrons. The Balaban J connectivity index is 1.99. The van der Waals surface area contributed by atoms with Crippen LogP contribution in [0.25, 0.3) is 0 Å². The highest BCUT2D eigenvalue weighted by molar-refractivity contribution is 8.01. The van der Waals surface area contributed by atoms with Crippen LogP contribution in [-0.2, 0) is 4.75 Å². The van der Waals surface area contributed by atoms with E-state index in [0.29, 0.717) is 0 Å². The van der Waals surface area contributed by atoms with Gasteiger partial charge in [-0.15, -0.1) is 0 Å². The van der Waals surface area contributed by atoms with Crippen LogP contribution in [0.1, 0.15) is 18.5 Å². The highest BCUT2D eigenvalue weighted by atomic mass is 32.2. The van der Waals surface area contributed by atoms with Crippen LogP contribution < -0.4 is 4.31 Å². The zero-order chi connectivity index (χ0) is 11.2. The fraction of sp³-hybridized carbons (Fsp3) is 0.636. The molecular formula is C11H16N4S. The van der Waals surface area contributed by atoms with E-state index >= 15 is 0 Å². The second-order valence-corrected chi connectivity index (χ2v) is 6.15. The zero-order valence-corrected chi connectivity index (χ0v) is 10.5. The summed E-state index contributed by atoms with van der Waals surface area (Å²) in [6.45, 7) is 2.31. The molecule has 0 N–H and O–H groups in total. The van der Waals surface area contributed by atoms with Crippen molar-refractivity contribution in [3.8, 4) is 0 Å². The summed E-state index contributed by atoms with van der Waals surface area (Å²) in [6, 6.07) is 0. The third kappa shape index (κ3) is 1.42. The lowest BCUT2D eigenvalue weighted by atomic mass is 9.91. The quantitative estimate of drug-likeness (QED) is 0.637. The maximum absolute atomic E-state index is 4.52. The van der Waals surface area contributed by atoms with Crippen LogP contribution in [0.5, 0.6) is 0 Å². The number of aromatic nitrogens is 2. The molecule has 1 aromatic rings. The Bertz CT molecular complexity index is 401. The van der Waals surface area contributed by atoms with Crippen molar-refractivity contribution in [3.05, 3.63) is 18.2 Å². The van der Waals surface area contributed by atoms with Gasteiger partial charge in [-0.2, -0.15) is 0 Å². The third-order valence-corrected chi connectivity index (χ3v) is 4.99. The zero-order valence-electron chi connectivity index (χ0n) is 9.68. The van der Waals surface area contributed by atoms with Crippen LogP contribution in [0.3, 0.4) is 0 Å². The third-order valence-electron chi connectivity index (χ3n) is 3.57. The van der Waals surface area contributed by atoms with Crippen molar-refractivity contribution in [2.45, 2.75) is 17.6 Å². The van der Waals surface area contributed by atoms with Crippen molar-refractivity contribution in [2.75, 3.05) is 31.5 Å². The second kappa shape index (κ2) is 3.60. The van der Waals surface area contributed by atoms with E-state index < -0.39 is 0 Å². The summed E-state index contributed by atoms with van der Waals surface area (Å²) in [5.74, 6) is 0. The standard InChI is InChI=1S/C11H16N4S/c1-14-5-3-11(4-6-14)10-9(15(2)16-11)7-12-8-13-10/h7-8H,3-6H2,1-2H3. The van der Waals surface area contributed by atoms with Gasteiger partial charge in [-0.25, -0.2) is 9.97 Å². The Kier molecular flexibility index (Phi) is 2.33. The molecule has 1 spiro atoms. The molecule has 0 amide bonds. The fourth-order valence-corrected chi connectivity index (χ4v) is 3.93. The van der Waals surface area contributed by atoms with Crippen LogP contribution in [0.4, 0.5) is 5.69 Å². The number of fused-ring (bicyclic) bond motifs is 2. The lowest BCUT2D eigenvalue weighted by Crippen LogP contribution is -2.38. The summed E-state index contributed by atoms with van der Waals surface area (Å²) >= 11 is 1.92. The topological polar surface area (TPSA) is 32.3 Å². The van der Waals surface area contributed by atoms with Gasteiger partial charge in [0, 0.05) is 7.05 Å². The Hall–Kier alpha value is -0.810. The number of rotatable bonds is 0. The first-order valence-electron chi connectivity index (χ1n) is 5.63. The minimum absolute atomic E-state index is 0.208. The predicted octanol–water partition coefficient (Wildman–Crippen LogP) is 1.50. The number of hydrogen-bond donors (Lipinski definition) is 0. The van der Waals surface area contributed by atoms with Crippen molar-refractivity contribution in [1.29, 1.82) is 0 Å². The largest absolute Gasteiger partial charge is 0.315 e. The molecule has 1 fully saturated rings. The van der Waals surface area contributed by atoms with Crippen LogP contribution in [0, 0.1) is 0 Å². The minimum atomic E-state index is 0.208. The van der Waals surface area contributed by atoms with Crippen LogP contribution in [-0.4, -0.2) is 42.1 Å². The molecular weight excluding hydrogens is 220 g/mol. The number of anilines is 1. The van der Waals surface area contributed by atoms with Gasteiger partial charge in [0.25, 0.3) is 0 Å². The smallest absolute Gasteiger partial charge is 0.115 e. The average molecular weight is 236 g/mol. The minimum Gasteiger partial charge on any atom is -0.315 e. The van der Waals surface area contributed by atoms with Gasteiger partial charge < -0.3 is 9.21 Å². The van der Waals surface area contributed by atoms with E-state index in [-0.39, 0.29) is 4.75 Å². The molecule has 0 radical (unpaired) electrons.